The van der Waals surface area contributed by atoms with E-state index in [4.69, 9.17) is 0 Å². The zero-order chi connectivity index (χ0) is 24.8. The second-order valence-corrected chi connectivity index (χ2v) is 9.90. The average Bonchev–Trinajstić information content (AvgIpc) is 3.35. The maximum atomic E-state index is 13.1. The fourth-order valence-electron chi connectivity index (χ4n) is 3.48. The van der Waals surface area contributed by atoms with Crippen LogP contribution in [-0.4, -0.2) is 47.4 Å². The first-order valence-electron chi connectivity index (χ1n) is 10.9. The van der Waals surface area contributed by atoms with E-state index < -0.39 is 15.8 Å². The summed E-state index contributed by atoms with van der Waals surface area (Å²) in [6.07, 6.45) is 0.425. The molecule has 2 N–H and O–H groups in total. The zero-order valence-electron chi connectivity index (χ0n) is 19.0. The van der Waals surface area contributed by atoms with Gasteiger partial charge in [0.25, 0.3) is 0 Å². The van der Waals surface area contributed by atoms with Crippen molar-refractivity contribution in [3.05, 3.63) is 84.7 Å². The van der Waals surface area contributed by atoms with Gasteiger partial charge in [-0.1, -0.05) is 42.5 Å². The van der Waals surface area contributed by atoms with Crippen molar-refractivity contribution in [2.24, 2.45) is 0 Å². The molecular formula is C25H24FN5O3S. The van der Waals surface area contributed by atoms with Gasteiger partial charge in [0.15, 0.2) is 11.6 Å². The number of aromatic nitrogens is 3. The number of para-hydroxylation sites is 1. The third-order valence-electron chi connectivity index (χ3n) is 5.37. The molecule has 0 saturated carbocycles. The minimum Gasteiger partial charge on any atom is -0.325 e. The van der Waals surface area contributed by atoms with Crippen molar-refractivity contribution in [3.63, 3.8) is 0 Å². The molecule has 0 radical (unpaired) electrons. The topological polar surface area (TPSA) is 108 Å². The highest BCUT2D eigenvalue weighted by atomic mass is 32.2. The van der Waals surface area contributed by atoms with Gasteiger partial charge in [-0.2, -0.15) is 5.10 Å². The summed E-state index contributed by atoms with van der Waals surface area (Å²) in [7, 11) is -2.33. The summed E-state index contributed by atoms with van der Waals surface area (Å²) in [5.41, 5.74) is 2.13. The standard InChI is InChI=1S/C25H24FN5O3S/c1-31(35(33,34)20-15-13-19(26)14-16-20)17-7-12-23(32)27-22-11-6-5-10-21(22)25-28-24(29-30-25)18-8-3-2-4-9-18/h2-6,8-11,13-16H,7,12,17H2,1H3,(H,27,32)(H,28,29,30). The lowest BCUT2D eigenvalue weighted by molar-refractivity contribution is -0.116. The molecule has 0 unspecified atom stereocenters. The number of carbonyl (C=O) groups excluding carboxylic acids is 1. The lowest BCUT2D eigenvalue weighted by Gasteiger charge is -2.17. The van der Waals surface area contributed by atoms with Crippen LogP contribution in [0, 0.1) is 5.82 Å². The molecule has 1 aromatic heterocycles. The molecule has 0 atom stereocenters. The maximum absolute atomic E-state index is 13.1. The summed E-state index contributed by atoms with van der Waals surface area (Å²) in [4.78, 5) is 17.1. The minimum atomic E-state index is -3.76. The molecule has 0 aliphatic heterocycles. The summed E-state index contributed by atoms with van der Waals surface area (Å²) in [5.74, 6) is 0.301. The molecule has 4 aromatic rings. The summed E-state index contributed by atoms with van der Waals surface area (Å²) in [5, 5.41) is 10.1. The van der Waals surface area contributed by atoms with E-state index in [1.54, 1.807) is 12.1 Å². The van der Waals surface area contributed by atoms with E-state index in [9.17, 15) is 17.6 Å². The Bertz CT molecular complexity index is 1410. The predicted octanol–water partition coefficient (Wildman–Crippen LogP) is 4.32. The molecule has 0 spiro atoms. The minimum absolute atomic E-state index is 0.00158. The van der Waals surface area contributed by atoms with Gasteiger partial charge in [-0.25, -0.2) is 22.1 Å². The van der Waals surface area contributed by atoms with Crippen molar-refractivity contribution < 1.29 is 17.6 Å². The molecule has 4 rings (SSSR count). The summed E-state index contributed by atoms with van der Waals surface area (Å²) in [6, 6.07) is 21.4. The van der Waals surface area contributed by atoms with Crippen LogP contribution < -0.4 is 5.32 Å². The molecule has 10 heteroatoms. The third-order valence-corrected chi connectivity index (χ3v) is 7.24. The van der Waals surface area contributed by atoms with Crippen molar-refractivity contribution in [2.75, 3.05) is 18.9 Å². The molecule has 0 saturated heterocycles. The Morgan fingerprint density at radius 1 is 1.00 bits per heavy atom. The van der Waals surface area contributed by atoms with Crippen molar-refractivity contribution in [1.29, 1.82) is 0 Å². The van der Waals surface area contributed by atoms with Gasteiger partial charge in [0.05, 0.1) is 10.6 Å². The lowest BCUT2D eigenvalue weighted by Crippen LogP contribution is -2.28. The highest BCUT2D eigenvalue weighted by molar-refractivity contribution is 7.89. The molecule has 3 aromatic carbocycles. The first-order chi connectivity index (χ1) is 16.8. The van der Waals surface area contributed by atoms with Crippen LogP contribution in [0.25, 0.3) is 22.8 Å². The Morgan fingerprint density at radius 2 is 1.69 bits per heavy atom. The Balaban J connectivity index is 1.37. The Morgan fingerprint density at radius 3 is 2.43 bits per heavy atom. The molecule has 0 bridgehead atoms. The summed E-state index contributed by atoms with van der Waals surface area (Å²) >= 11 is 0. The number of halogens is 1. The number of H-pyrrole nitrogens is 1. The van der Waals surface area contributed by atoms with Crippen LogP contribution in [-0.2, 0) is 14.8 Å². The van der Waals surface area contributed by atoms with Crippen LogP contribution in [0.1, 0.15) is 12.8 Å². The molecule has 0 aliphatic carbocycles. The van der Waals surface area contributed by atoms with E-state index in [2.05, 4.69) is 20.5 Å². The largest absolute Gasteiger partial charge is 0.325 e. The first kappa shape index (κ1) is 24.2. The molecule has 180 valence electrons. The zero-order valence-corrected chi connectivity index (χ0v) is 19.8. The Labute approximate surface area is 202 Å². The fourth-order valence-corrected chi connectivity index (χ4v) is 4.69. The van der Waals surface area contributed by atoms with Crippen LogP contribution in [0.5, 0.6) is 0 Å². The number of sulfonamides is 1. The monoisotopic (exact) mass is 493 g/mol. The number of nitrogens with zero attached hydrogens (tertiary/aromatic N) is 3. The van der Waals surface area contributed by atoms with Crippen LogP contribution in [0.4, 0.5) is 10.1 Å². The van der Waals surface area contributed by atoms with E-state index in [-0.39, 0.29) is 23.8 Å². The summed E-state index contributed by atoms with van der Waals surface area (Å²) in [6.45, 7) is 0.136. The number of nitrogens with one attached hydrogen (secondary N) is 2. The van der Waals surface area contributed by atoms with Crippen molar-refractivity contribution in [3.8, 4) is 22.8 Å². The van der Waals surface area contributed by atoms with Crippen molar-refractivity contribution in [1.82, 2.24) is 19.5 Å². The smallest absolute Gasteiger partial charge is 0.242 e. The van der Waals surface area contributed by atoms with Gasteiger partial charge in [-0.15, -0.1) is 0 Å². The molecular weight excluding hydrogens is 469 g/mol. The van der Waals surface area contributed by atoms with Crippen LogP contribution >= 0.6 is 0 Å². The van der Waals surface area contributed by atoms with Crippen LogP contribution in [0.3, 0.4) is 0 Å². The number of rotatable bonds is 9. The Kier molecular flexibility index (Phi) is 7.33. The number of amides is 1. The molecule has 35 heavy (non-hydrogen) atoms. The van der Waals surface area contributed by atoms with Gasteiger partial charge >= 0.3 is 0 Å². The predicted molar refractivity (Wildman–Crippen MR) is 131 cm³/mol. The SMILES string of the molecule is CN(CCCC(=O)Nc1ccccc1-c1nc(-c2ccccc2)n[nH]1)S(=O)(=O)c1ccc(F)cc1. The van der Waals surface area contributed by atoms with E-state index in [1.807, 2.05) is 42.5 Å². The van der Waals surface area contributed by atoms with Crippen molar-refractivity contribution >= 4 is 21.6 Å². The highest BCUT2D eigenvalue weighted by Crippen LogP contribution is 2.27. The molecule has 0 aliphatic rings. The van der Waals surface area contributed by atoms with Crippen LogP contribution in [0.2, 0.25) is 0 Å². The van der Waals surface area contributed by atoms with Gasteiger partial charge in [-0.3, -0.25) is 9.89 Å². The van der Waals surface area contributed by atoms with Gasteiger partial charge < -0.3 is 5.32 Å². The third kappa shape index (κ3) is 5.79. The van der Waals surface area contributed by atoms with Crippen LogP contribution in [0.15, 0.2) is 83.8 Å². The number of carbonyl (C=O) groups is 1. The summed E-state index contributed by atoms with van der Waals surface area (Å²) < 4.78 is 39.5. The van der Waals surface area contributed by atoms with E-state index >= 15 is 0 Å². The number of hydrogen-bond acceptors (Lipinski definition) is 5. The normalized spacial score (nSPS) is 11.5. The number of aromatic amines is 1. The molecule has 1 heterocycles. The first-order valence-corrected chi connectivity index (χ1v) is 12.4. The second-order valence-electron chi connectivity index (χ2n) is 7.85. The van der Waals surface area contributed by atoms with Crippen molar-refractivity contribution in [2.45, 2.75) is 17.7 Å². The van der Waals surface area contributed by atoms with Gasteiger partial charge in [0, 0.05) is 31.1 Å². The Hall–Kier alpha value is -3.89. The van der Waals surface area contributed by atoms with Gasteiger partial charge in [0.1, 0.15) is 5.82 Å². The number of hydrogen-bond donors (Lipinski definition) is 2. The lowest BCUT2D eigenvalue weighted by atomic mass is 10.1. The second kappa shape index (κ2) is 10.6. The molecule has 8 nitrogen and oxygen atoms in total. The number of benzene rings is 3. The number of anilines is 1. The van der Waals surface area contributed by atoms with E-state index in [0.717, 1.165) is 22.0 Å². The quantitative estimate of drug-likeness (QED) is 0.361. The molecule has 0 fully saturated rings. The van der Waals surface area contributed by atoms with E-state index in [1.165, 1.54) is 19.2 Å². The maximum Gasteiger partial charge on any atom is 0.242 e. The van der Waals surface area contributed by atoms with Gasteiger partial charge in [-0.05, 0) is 42.8 Å². The average molecular weight is 494 g/mol. The highest BCUT2D eigenvalue weighted by Gasteiger charge is 2.21. The molecule has 1 amide bonds. The van der Waals surface area contributed by atoms with Gasteiger partial charge in [0.2, 0.25) is 15.9 Å². The van der Waals surface area contributed by atoms with E-state index in [0.29, 0.717) is 29.3 Å². The fraction of sp³-hybridized carbons (Fsp3) is 0.160.